The van der Waals surface area contributed by atoms with Crippen LogP contribution in [-0.4, -0.2) is 40.1 Å². The van der Waals surface area contributed by atoms with Gasteiger partial charge in [-0.2, -0.15) is 0 Å². The number of nitrogens with zero attached hydrogens (tertiary/aromatic N) is 3. The monoisotopic (exact) mass is 389 g/mol. The molecule has 0 aliphatic carbocycles. The van der Waals surface area contributed by atoms with Crippen LogP contribution < -0.4 is 4.74 Å². The highest BCUT2D eigenvalue weighted by atomic mass is 16.5. The number of amides is 1. The van der Waals surface area contributed by atoms with Crippen molar-refractivity contribution in [2.75, 3.05) is 19.7 Å². The predicted octanol–water partition coefficient (Wildman–Crippen LogP) is 4.50. The highest BCUT2D eigenvalue weighted by Crippen LogP contribution is 2.24. The van der Waals surface area contributed by atoms with E-state index in [2.05, 4.69) is 27.9 Å². The molecule has 2 heterocycles. The van der Waals surface area contributed by atoms with E-state index in [-0.39, 0.29) is 5.91 Å². The third-order valence-corrected chi connectivity index (χ3v) is 5.52. The van der Waals surface area contributed by atoms with Crippen LogP contribution >= 0.6 is 0 Å². The molecule has 0 spiro atoms. The van der Waals surface area contributed by atoms with Gasteiger partial charge in [0.1, 0.15) is 11.6 Å². The summed E-state index contributed by atoms with van der Waals surface area (Å²) >= 11 is 0. The second-order valence-electron chi connectivity index (χ2n) is 7.46. The summed E-state index contributed by atoms with van der Waals surface area (Å²) in [6, 6.07) is 17.7. The summed E-state index contributed by atoms with van der Waals surface area (Å²) in [4.78, 5) is 19.3. The lowest BCUT2D eigenvalue weighted by Gasteiger charge is -2.32. The summed E-state index contributed by atoms with van der Waals surface area (Å²) in [7, 11) is 0. The Kier molecular flexibility index (Phi) is 5.94. The van der Waals surface area contributed by atoms with Gasteiger partial charge in [0, 0.05) is 43.2 Å². The van der Waals surface area contributed by atoms with Crippen LogP contribution in [0.25, 0.3) is 11.4 Å². The third kappa shape index (κ3) is 4.50. The van der Waals surface area contributed by atoms with Crippen molar-refractivity contribution in [2.24, 2.45) is 5.92 Å². The Morgan fingerprint density at radius 1 is 1.07 bits per heavy atom. The molecular formula is C24H27N3O2. The van der Waals surface area contributed by atoms with Gasteiger partial charge in [-0.1, -0.05) is 30.3 Å². The number of carbonyl (C=O) groups is 1. The van der Waals surface area contributed by atoms with Gasteiger partial charge in [-0.05, 0) is 49.9 Å². The van der Waals surface area contributed by atoms with Crippen LogP contribution in [0.2, 0.25) is 0 Å². The molecule has 3 aromatic rings. The van der Waals surface area contributed by atoms with Crippen LogP contribution in [0.3, 0.4) is 0 Å². The third-order valence-electron chi connectivity index (χ3n) is 5.52. The van der Waals surface area contributed by atoms with Gasteiger partial charge in [0.2, 0.25) is 0 Å². The van der Waals surface area contributed by atoms with Crippen molar-refractivity contribution in [3.63, 3.8) is 0 Å². The van der Waals surface area contributed by atoms with E-state index in [0.717, 1.165) is 55.2 Å². The number of benzene rings is 2. The summed E-state index contributed by atoms with van der Waals surface area (Å²) in [6.07, 6.45) is 5.94. The van der Waals surface area contributed by atoms with Crippen molar-refractivity contribution in [2.45, 2.75) is 26.3 Å². The van der Waals surface area contributed by atoms with Crippen molar-refractivity contribution in [1.82, 2.24) is 14.5 Å². The second-order valence-corrected chi connectivity index (χ2v) is 7.46. The van der Waals surface area contributed by atoms with Crippen LogP contribution in [0.4, 0.5) is 0 Å². The minimum Gasteiger partial charge on any atom is -0.494 e. The van der Waals surface area contributed by atoms with Crippen LogP contribution in [0.5, 0.6) is 5.75 Å². The molecule has 0 unspecified atom stereocenters. The lowest BCUT2D eigenvalue weighted by atomic mass is 9.96. The van der Waals surface area contributed by atoms with E-state index in [1.54, 1.807) is 0 Å². The summed E-state index contributed by atoms with van der Waals surface area (Å²) in [5.41, 5.74) is 1.87. The molecule has 150 valence electrons. The van der Waals surface area contributed by atoms with Crippen molar-refractivity contribution in [1.29, 1.82) is 0 Å². The van der Waals surface area contributed by atoms with Crippen LogP contribution in [0, 0.1) is 5.92 Å². The molecule has 5 nitrogen and oxygen atoms in total. The molecule has 0 atom stereocenters. The van der Waals surface area contributed by atoms with Gasteiger partial charge in [-0.25, -0.2) is 4.98 Å². The molecule has 0 bridgehead atoms. The Balaban J connectivity index is 1.34. The quantitative estimate of drug-likeness (QED) is 0.624. The largest absolute Gasteiger partial charge is 0.494 e. The van der Waals surface area contributed by atoms with E-state index in [0.29, 0.717) is 12.5 Å². The number of hydrogen-bond donors (Lipinski definition) is 0. The Hall–Kier alpha value is -3.08. The van der Waals surface area contributed by atoms with Crippen molar-refractivity contribution >= 4 is 5.91 Å². The molecule has 1 aliphatic rings. The molecular weight excluding hydrogens is 362 g/mol. The Bertz CT molecular complexity index is 926. The molecule has 2 aromatic carbocycles. The number of hydrogen-bond acceptors (Lipinski definition) is 3. The van der Waals surface area contributed by atoms with E-state index < -0.39 is 0 Å². The minimum absolute atomic E-state index is 0.110. The first-order valence-corrected chi connectivity index (χ1v) is 10.3. The van der Waals surface area contributed by atoms with Gasteiger partial charge >= 0.3 is 0 Å². The molecule has 0 N–H and O–H groups in total. The average Bonchev–Trinajstić information content (AvgIpc) is 3.23. The van der Waals surface area contributed by atoms with Crippen molar-refractivity contribution in [3.8, 4) is 17.1 Å². The first-order chi connectivity index (χ1) is 14.2. The topological polar surface area (TPSA) is 47.4 Å². The highest BCUT2D eigenvalue weighted by molar-refractivity contribution is 5.94. The first-order valence-electron chi connectivity index (χ1n) is 10.3. The highest BCUT2D eigenvalue weighted by Gasteiger charge is 2.24. The summed E-state index contributed by atoms with van der Waals surface area (Å²) in [5.74, 6) is 2.48. The number of carbonyl (C=O) groups excluding carboxylic acids is 1. The van der Waals surface area contributed by atoms with Crippen LogP contribution in [-0.2, 0) is 6.54 Å². The van der Waals surface area contributed by atoms with Gasteiger partial charge in [-0.15, -0.1) is 0 Å². The smallest absolute Gasteiger partial charge is 0.253 e. The zero-order chi connectivity index (χ0) is 20.1. The number of rotatable bonds is 6. The van der Waals surface area contributed by atoms with E-state index in [1.165, 1.54) is 0 Å². The molecule has 29 heavy (non-hydrogen) atoms. The van der Waals surface area contributed by atoms with Crippen molar-refractivity contribution < 1.29 is 9.53 Å². The van der Waals surface area contributed by atoms with Gasteiger partial charge in [0.05, 0.1) is 6.61 Å². The van der Waals surface area contributed by atoms with Gasteiger partial charge in [0.25, 0.3) is 5.91 Å². The zero-order valence-corrected chi connectivity index (χ0v) is 16.8. The van der Waals surface area contributed by atoms with Crippen LogP contribution in [0.15, 0.2) is 67.0 Å². The second kappa shape index (κ2) is 8.95. The molecule has 1 aliphatic heterocycles. The van der Waals surface area contributed by atoms with Gasteiger partial charge < -0.3 is 14.2 Å². The standard InChI is InChI=1S/C24H27N3O2/c1-2-29-22-10-8-21(9-11-22)24(28)26-15-12-19(13-16-26)18-27-17-14-25-23(27)20-6-4-3-5-7-20/h3-11,14,17,19H,2,12-13,15-16,18H2,1H3. The maximum Gasteiger partial charge on any atom is 0.253 e. The molecule has 1 saturated heterocycles. The van der Waals surface area contributed by atoms with E-state index in [4.69, 9.17) is 4.74 Å². The molecule has 0 radical (unpaired) electrons. The van der Waals surface area contributed by atoms with Gasteiger partial charge in [-0.3, -0.25) is 4.79 Å². The SMILES string of the molecule is CCOc1ccc(C(=O)N2CCC(Cn3ccnc3-c3ccccc3)CC2)cc1. The van der Waals surface area contributed by atoms with Crippen molar-refractivity contribution in [3.05, 3.63) is 72.6 Å². The average molecular weight is 389 g/mol. The fourth-order valence-electron chi connectivity index (χ4n) is 3.94. The molecule has 1 aromatic heterocycles. The number of likely N-dealkylation sites (tertiary alicyclic amines) is 1. The van der Waals surface area contributed by atoms with E-state index in [9.17, 15) is 4.79 Å². The Morgan fingerprint density at radius 2 is 1.79 bits per heavy atom. The summed E-state index contributed by atoms with van der Waals surface area (Å²) in [5, 5.41) is 0. The minimum atomic E-state index is 0.110. The van der Waals surface area contributed by atoms with E-state index in [1.807, 2.05) is 60.5 Å². The molecule has 1 amide bonds. The Labute approximate surface area is 171 Å². The number of ether oxygens (including phenoxy) is 1. The van der Waals surface area contributed by atoms with E-state index >= 15 is 0 Å². The molecule has 0 saturated carbocycles. The number of piperidine rings is 1. The molecule has 1 fully saturated rings. The fourth-order valence-corrected chi connectivity index (χ4v) is 3.94. The summed E-state index contributed by atoms with van der Waals surface area (Å²) < 4.78 is 7.70. The van der Waals surface area contributed by atoms with Gasteiger partial charge in [0.15, 0.2) is 0 Å². The lowest BCUT2D eigenvalue weighted by Crippen LogP contribution is -2.39. The van der Waals surface area contributed by atoms with Crippen LogP contribution in [0.1, 0.15) is 30.1 Å². The first kappa shape index (κ1) is 19.2. The fraction of sp³-hybridized carbons (Fsp3) is 0.333. The summed E-state index contributed by atoms with van der Waals surface area (Å²) in [6.45, 7) is 5.12. The Morgan fingerprint density at radius 3 is 2.48 bits per heavy atom. The number of imidazole rings is 1. The lowest BCUT2D eigenvalue weighted by molar-refractivity contribution is 0.0683. The maximum atomic E-state index is 12.8. The number of aromatic nitrogens is 2. The zero-order valence-electron chi connectivity index (χ0n) is 16.8. The molecule has 5 heteroatoms. The molecule has 4 rings (SSSR count). The predicted molar refractivity (Wildman–Crippen MR) is 114 cm³/mol. The maximum absolute atomic E-state index is 12.8. The normalized spacial score (nSPS) is 14.7.